The van der Waals surface area contributed by atoms with E-state index in [9.17, 15) is 21.6 Å². The van der Waals surface area contributed by atoms with E-state index in [-0.39, 0.29) is 26.9 Å². The van der Waals surface area contributed by atoms with Gasteiger partial charge in [0.05, 0.1) is 41.6 Å². The summed E-state index contributed by atoms with van der Waals surface area (Å²) in [7, 11) is -4.66. The van der Waals surface area contributed by atoms with E-state index in [1.165, 1.54) is 62.8 Å². The van der Waals surface area contributed by atoms with Crippen molar-refractivity contribution < 1.29 is 31.1 Å². The smallest absolute Gasteiger partial charge is 0.262 e. The molecule has 0 saturated heterocycles. The summed E-state index contributed by atoms with van der Waals surface area (Å²) in [5, 5.41) is 2.71. The van der Waals surface area contributed by atoms with Gasteiger partial charge in [-0.2, -0.15) is 0 Å². The molecule has 13 heteroatoms. The number of carbonyl (C=O) groups is 1. The number of rotatable bonds is 9. The number of anilines is 3. The van der Waals surface area contributed by atoms with Crippen molar-refractivity contribution in [2.75, 3.05) is 35.2 Å². The van der Waals surface area contributed by atoms with E-state index < -0.39 is 26.0 Å². The Labute approximate surface area is 208 Å². The lowest BCUT2D eigenvalue weighted by atomic mass is 10.2. The molecule has 0 atom stereocenters. The van der Waals surface area contributed by atoms with Crippen LogP contribution in [0.2, 0.25) is 5.02 Å². The minimum Gasteiger partial charge on any atom is -0.497 e. The number of amides is 1. The van der Waals surface area contributed by atoms with Crippen molar-refractivity contribution in [3.8, 4) is 11.5 Å². The zero-order chi connectivity index (χ0) is 25.8. The largest absolute Gasteiger partial charge is 0.497 e. The van der Waals surface area contributed by atoms with E-state index in [2.05, 4.69) is 14.8 Å². The zero-order valence-corrected chi connectivity index (χ0v) is 21.2. The molecule has 3 aromatic carbocycles. The first-order valence-electron chi connectivity index (χ1n) is 9.85. The highest BCUT2D eigenvalue weighted by molar-refractivity contribution is 7.92. The first-order chi connectivity index (χ1) is 16.4. The molecule has 0 heterocycles. The molecule has 0 fully saturated rings. The third-order valence-electron chi connectivity index (χ3n) is 4.59. The number of hydrogen-bond donors (Lipinski definition) is 3. The van der Waals surface area contributed by atoms with Gasteiger partial charge < -0.3 is 14.8 Å². The average molecular weight is 540 g/mol. The molecule has 3 rings (SSSR count). The van der Waals surface area contributed by atoms with Crippen molar-refractivity contribution in [2.45, 2.75) is 4.90 Å². The first kappa shape index (κ1) is 26.1. The molecule has 10 nitrogen and oxygen atoms in total. The van der Waals surface area contributed by atoms with E-state index >= 15 is 0 Å². The number of hydrogen-bond acceptors (Lipinski definition) is 7. The van der Waals surface area contributed by atoms with E-state index in [1.54, 1.807) is 12.1 Å². The van der Waals surface area contributed by atoms with Crippen LogP contribution in [0.3, 0.4) is 0 Å². The van der Waals surface area contributed by atoms with Crippen LogP contribution in [0.1, 0.15) is 10.4 Å². The molecule has 0 spiro atoms. The summed E-state index contributed by atoms with van der Waals surface area (Å²) in [6.45, 7) is 0. The number of halogens is 1. The molecule has 0 unspecified atom stereocenters. The van der Waals surface area contributed by atoms with E-state index in [4.69, 9.17) is 21.1 Å². The second kappa shape index (κ2) is 10.4. The molecule has 0 aliphatic rings. The van der Waals surface area contributed by atoms with Gasteiger partial charge in [-0.05, 0) is 54.6 Å². The third kappa shape index (κ3) is 6.78. The highest BCUT2D eigenvalue weighted by Crippen LogP contribution is 2.31. The summed E-state index contributed by atoms with van der Waals surface area (Å²) < 4.78 is 63.6. The minimum absolute atomic E-state index is 0.0313. The van der Waals surface area contributed by atoms with Crippen LogP contribution in [0.4, 0.5) is 17.1 Å². The number of ether oxygens (including phenoxy) is 2. The quantitative estimate of drug-likeness (QED) is 0.376. The van der Waals surface area contributed by atoms with Crippen molar-refractivity contribution >= 4 is 54.6 Å². The molecule has 0 aromatic heterocycles. The lowest BCUT2D eigenvalue weighted by Gasteiger charge is -2.14. The monoisotopic (exact) mass is 539 g/mol. The molecule has 0 aliphatic heterocycles. The van der Waals surface area contributed by atoms with Crippen LogP contribution in [0.15, 0.2) is 65.6 Å². The van der Waals surface area contributed by atoms with Crippen molar-refractivity contribution in [3.05, 3.63) is 71.2 Å². The molecular weight excluding hydrogens is 518 g/mol. The van der Waals surface area contributed by atoms with Crippen LogP contribution >= 0.6 is 11.6 Å². The maximum Gasteiger partial charge on any atom is 0.262 e. The van der Waals surface area contributed by atoms with Gasteiger partial charge in [0.1, 0.15) is 11.5 Å². The number of benzene rings is 3. The lowest BCUT2D eigenvalue weighted by Crippen LogP contribution is -2.15. The fraction of sp³-hybridized carbons (Fsp3) is 0.136. The Balaban J connectivity index is 1.78. The van der Waals surface area contributed by atoms with Crippen LogP contribution in [-0.4, -0.2) is 43.2 Å². The van der Waals surface area contributed by atoms with E-state index in [0.29, 0.717) is 17.2 Å². The summed E-state index contributed by atoms with van der Waals surface area (Å²) in [5.74, 6) is 0.140. The molecule has 0 bridgehead atoms. The number of carbonyl (C=O) groups excluding carboxylic acids is 1. The Morgan fingerprint density at radius 3 is 2.09 bits per heavy atom. The normalized spacial score (nSPS) is 11.4. The maximum atomic E-state index is 12.9. The number of nitrogens with one attached hydrogen (secondary N) is 3. The molecule has 186 valence electrons. The summed E-state index contributed by atoms with van der Waals surface area (Å²) in [6, 6.07) is 14.2. The second-order valence-electron chi connectivity index (χ2n) is 7.22. The molecule has 3 aromatic rings. The van der Waals surface area contributed by atoms with Gasteiger partial charge in [0, 0.05) is 17.4 Å². The summed E-state index contributed by atoms with van der Waals surface area (Å²) in [5.41, 5.74) is 0.693. The van der Waals surface area contributed by atoms with Gasteiger partial charge in [-0.1, -0.05) is 11.6 Å². The standard InChI is InChI=1S/C22H22ClN3O7S2/c1-32-16-7-11-21(33-2)20(13-16)26-35(30,31)17-8-4-14(5-9-17)24-22(27)18-12-15(6-10-19(18)23)25-34(3,28)29/h4-13,25-26H,1-3H3,(H,24,27). The minimum atomic E-state index is -3.98. The SMILES string of the molecule is COc1ccc(OC)c(NS(=O)(=O)c2ccc(NC(=O)c3cc(NS(C)(=O)=O)ccc3Cl)cc2)c1. The molecule has 0 aliphatic carbocycles. The Hall–Kier alpha value is -3.48. The predicted molar refractivity (Wildman–Crippen MR) is 135 cm³/mol. The lowest BCUT2D eigenvalue weighted by molar-refractivity contribution is 0.102. The number of sulfonamides is 2. The van der Waals surface area contributed by atoms with Crippen LogP contribution in [-0.2, 0) is 20.0 Å². The van der Waals surface area contributed by atoms with Crippen molar-refractivity contribution in [3.63, 3.8) is 0 Å². The van der Waals surface area contributed by atoms with Gasteiger partial charge in [-0.15, -0.1) is 0 Å². The first-order valence-corrected chi connectivity index (χ1v) is 13.6. The Kier molecular flexibility index (Phi) is 7.78. The molecule has 3 N–H and O–H groups in total. The Morgan fingerprint density at radius 1 is 0.829 bits per heavy atom. The highest BCUT2D eigenvalue weighted by atomic mass is 35.5. The van der Waals surface area contributed by atoms with Crippen molar-refractivity contribution in [1.29, 1.82) is 0 Å². The van der Waals surface area contributed by atoms with Crippen LogP contribution in [0.5, 0.6) is 11.5 Å². The molecule has 1 amide bonds. The van der Waals surface area contributed by atoms with Crippen molar-refractivity contribution in [1.82, 2.24) is 0 Å². The van der Waals surface area contributed by atoms with Gasteiger partial charge in [-0.3, -0.25) is 14.2 Å². The zero-order valence-electron chi connectivity index (χ0n) is 18.8. The third-order valence-corrected chi connectivity index (χ3v) is 6.91. The fourth-order valence-electron chi connectivity index (χ4n) is 2.99. The van der Waals surface area contributed by atoms with Crippen LogP contribution < -0.4 is 24.2 Å². The number of methoxy groups -OCH3 is 2. The Morgan fingerprint density at radius 2 is 1.49 bits per heavy atom. The van der Waals surface area contributed by atoms with Gasteiger partial charge >= 0.3 is 0 Å². The Bertz CT molecular complexity index is 1460. The second-order valence-corrected chi connectivity index (χ2v) is 11.1. The summed E-state index contributed by atoms with van der Waals surface area (Å²) in [6.07, 6.45) is 0.982. The van der Waals surface area contributed by atoms with Crippen LogP contribution in [0.25, 0.3) is 0 Å². The molecule has 0 saturated carbocycles. The van der Waals surface area contributed by atoms with Gasteiger partial charge in [0.15, 0.2) is 0 Å². The van der Waals surface area contributed by atoms with Crippen LogP contribution in [0, 0.1) is 0 Å². The average Bonchev–Trinajstić information content (AvgIpc) is 2.79. The summed E-state index contributed by atoms with van der Waals surface area (Å²) >= 11 is 6.09. The molecule has 0 radical (unpaired) electrons. The molecule has 35 heavy (non-hydrogen) atoms. The fourth-order valence-corrected chi connectivity index (χ4v) is 4.81. The highest BCUT2D eigenvalue weighted by Gasteiger charge is 2.18. The van der Waals surface area contributed by atoms with Crippen molar-refractivity contribution in [2.24, 2.45) is 0 Å². The van der Waals surface area contributed by atoms with E-state index in [0.717, 1.165) is 6.26 Å². The molecular formula is C22H22ClN3O7S2. The predicted octanol–water partition coefficient (Wildman–Crippen LogP) is 3.78. The van der Waals surface area contributed by atoms with Gasteiger partial charge in [0.2, 0.25) is 10.0 Å². The van der Waals surface area contributed by atoms with Gasteiger partial charge in [0.25, 0.3) is 15.9 Å². The van der Waals surface area contributed by atoms with E-state index in [1.807, 2.05) is 0 Å². The topological polar surface area (TPSA) is 140 Å². The summed E-state index contributed by atoms with van der Waals surface area (Å²) in [4.78, 5) is 12.6. The van der Waals surface area contributed by atoms with Gasteiger partial charge in [-0.25, -0.2) is 16.8 Å². The maximum absolute atomic E-state index is 12.9.